The van der Waals surface area contributed by atoms with Crippen LogP contribution in [0.15, 0.2) is 4.99 Å². The molecule has 0 unspecified atom stereocenters. The van der Waals surface area contributed by atoms with E-state index in [9.17, 15) is 29.1 Å². The van der Waals surface area contributed by atoms with Gasteiger partial charge in [-0.25, -0.2) is 4.79 Å². The van der Waals surface area contributed by atoms with Gasteiger partial charge in [-0.3, -0.25) is 24.2 Å². The van der Waals surface area contributed by atoms with Crippen LogP contribution >= 0.6 is 0 Å². The Bertz CT molecular complexity index is 982. The lowest BCUT2D eigenvalue weighted by Gasteiger charge is -2.26. The monoisotopic (exact) mass is 686 g/mol. The molecule has 0 aromatic rings. The number of guanidine groups is 1. The van der Waals surface area contributed by atoms with Gasteiger partial charge in [-0.15, -0.1) is 0 Å². The van der Waals surface area contributed by atoms with Crippen LogP contribution in [0.2, 0.25) is 0 Å². The third kappa shape index (κ3) is 20.6. The lowest BCUT2D eigenvalue weighted by Crippen LogP contribution is -2.58. The summed E-state index contributed by atoms with van der Waals surface area (Å²) in [5.74, 6) is -3.83. The van der Waals surface area contributed by atoms with Crippen molar-refractivity contribution in [1.82, 2.24) is 21.3 Å². The Balaban J connectivity index is 6.03. The summed E-state index contributed by atoms with van der Waals surface area (Å²) in [5.41, 5.74) is 39.2. The number of aliphatic carboxylic acids is 1. The number of amides is 4. The predicted molar refractivity (Wildman–Crippen MR) is 185 cm³/mol. The van der Waals surface area contributed by atoms with Crippen LogP contribution in [0.25, 0.3) is 0 Å². The summed E-state index contributed by atoms with van der Waals surface area (Å²) in [6.07, 6.45) is 5.96. The first-order chi connectivity index (χ1) is 22.9. The predicted octanol–water partition coefficient (Wildman–Crippen LogP) is -3.09. The molecule has 0 radical (unpaired) electrons. The van der Waals surface area contributed by atoms with Crippen molar-refractivity contribution in [3.05, 3.63) is 0 Å². The van der Waals surface area contributed by atoms with E-state index in [0.29, 0.717) is 90.4 Å². The van der Waals surface area contributed by atoms with Gasteiger partial charge in [0.2, 0.25) is 23.6 Å². The SMILES string of the molecule is NCCCC[C@H](NC(=O)[C@H](CCCCN)NC(=O)[C@H](CCCN=C(N)N)NC(=O)[C@H](CCCCN)NC(=O)[C@@H](N)CCCCN)C(=O)O. The van der Waals surface area contributed by atoms with Gasteiger partial charge in [0.25, 0.3) is 0 Å². The van der Waals surface area contributed by atoms with Gasteiger partial charge in [0, 0.05) is 6.54 Å². The topological polar surface area (TPSA) is 348 Å². The van der Waals surface area contributed by atoms with Crippen molar-refractivity contribution in [2.45, 2.75) is 120 Å². The van der Waals surface area contributed by atoms with Crippen LogP contribution < -0.4 is 61.4 Å². The van der Waals surface area contributed by atoms with Gasteiger partial charge in [-0.2, -0.15) is 0 Å². The molecule has 0 aliphatic heterocycles. The molecule has 0 saturated carbocycles. The fourth-order valence-corrected chi connectivity index (χ4v) is 4.78. The summed E-state index contributed by atoms with van der Waals surface area (Å²) in [6, 6.07) is -5.29. The Labute approximate surface area is 283 Å². The van der Waals surface area contributed by atoms with E-state index in [1.165, 1.54) is 0 Å². The molecular weight excluding hydrogens is 624 g/mol. The Morgan fingerprint density at radius 2 is 0.833 bits per heavy atom. The zero-order valence-corrected chi connectivity index (χ0v) is 28.3. The minimum absolute atomic E-state index is 0.0877. The molecule has 278 valence electrons. The molecule has 0 bridgehead atoms. The molecule has 0 heterocycles. The molecule has 18 nitrogen and oxygen atoms in total. The van der Waals surface area contributed by atoms with Crippen LogP contribution in [0.1, 0.15) is 89.9 Å². The third-order valence-electron chi connectivity index (χ3n) is 7.61. The van der Waals surface area contributed by atoms with Gasteiger partial charge < -0.3 is 66.5 Å². The van der Waals surface area contributed by atoms with E-state index >= 15 is 0 Å². The molecule has 0 aliphatic rings. The minimum Gasteiger partial charge on any atom is -0.480 e. The zero-order chi connectivity index (χ0) is 36.3. The lowest BCUT2D eigenvalue weighted by atomic mass is 10.0. The first kappa shape index (κ1) is 44.4. The van der Waals surface area contributed by atoms with Crippen LogP contribution in [0.4, 0.5) is 0 Å². The van der Waals surface area contributed by atoms with Gasteiger partial charge in [-0.05, 0) is 110 Å². The maximum absolute atomic E-state index is 13.7. The molecule has 18 heteroatoms. The molecule has 0 rings (SSSR count). The minimum atomic E-state index is -1.21. The summed E-state index contributed by atoms with van der Waals surface area (Å²) in [7, 11) is 0. The van der Waals surface area contributed by atoms with Gasteiger partial charge >= 0.3 is 5.97 Å². The zero-order valence-electron chi connectivity index (χ0n) is 28.3. The van der Waals surface area contributed by atoms with E-state index in [-0.39, 0.29) is 38.2 Å². The Hall–Kier alpha value is -3.58. The smallest absolute Gasteiger partial charge is 0.326 e. The fourth-order valence-electron chi connectivity index (χ4n) is 4.78. The van der Waals surface area contributed by atoms with E-state index in [1.807, 2.05) is 0 Å². The number of carbonyl (C=O) groups excluding carboxylic acids is 4. The highest BCUT2D eigenvalue weighted by molar-refractivity contribution is 5.95. The molecule has 19 N–H and O–H groups in total. The Morgan fingerprint density at radius 3 is 1.21 bits per heavy atom. The number of carbonyl (C=O) groups is 5. The Kier molecular flexibility index (Phi) is 25.3. The second-order valence-electron chi connectivity index (χ2n) is 11.8. The van der Waals surface area contributed by atoms with Crippen molar-refractivity contribution >= 4 is 35.6 Å². The number of nitrogens with zero attached hydrogens (tertiary/aromatic N) is 1. The van der Waals surface area contributed by atoms with E-state index in [4.69, 9.17) is 40.1 Å². The number of nitrogens with two attached hydrogens (primary N) is 7. The molecular formula is C30H62N12O6. The first-order valence-corrected chi connectivity index (χ1v) is 17.0. The molecule has 4 amide bonds. The van der Waals surface area contributed by atoms with E-state index in [2.05, 4.69) is 26.3 Å². The molecule has 48 heavy (non-hydrogen) atoms. The molecule has 0 saturated heterocycles. The normalized spacial score (nSPS) is 14.1. The number of hydrogen-bond donors (Lipinski definition) is 12. The van der Waals surface area contributed by atoms with Crippen molar-refractivity contribution in [3.63, 3.8) is 0 Å². The number of unbranched alkanes of at least 4 members (excludes halogenated alkanes) is 4. The molecule has 0 aromatic heterocycles. The maximum Gasteiger partial charge on any atom is 0.326 e. The van der Waals surface area contributed by atoms with Crippen molar-refractivity contribution in [2.75, 3.05) is 32.7 Å². The van der Waals surface area contributed by atoms with E-state index in [1.54, 1.807) is 0 Å². The van der Waals surface area contributed by atoms with Gasteiger partial charge in [0.15, 0.2) is 5.96 Å². The van der Waals surface area contributed by atoms with Crippen LogP contribution in [0, 0.1) is 0 Å². The van der Waals surface area contributed by atoms with Crippen LogP contribution in [-0.4, -0.2) is 104 Å². The summed E-state index contributed by atoms with van der Waals surface area (Å²) in [4.78, 5) is 69.1. The maximum atomic E-state index is 13.7. The molecule has 0 aliphatic carbocycles. The number of aliphatic imine (C=N–C) groups is 1. The molecule has 0 spiro atoms. The lowest BCUT2D eigenvalue weighted by molar-refractivity contribution is -0.142. The molecule has 0 fully saturated rings. The summed E-state index contributed by atoms with van der Waals surface area (Å²) >= 11 is 0. The number of nitrogens with one attached hydrogen (secondary N) is 4. The van der Waals surface area contributed by atoms with E-state index < -0.39 is 59.8 Å². The standard InChI is InChI=1S/C30H62N12O6/c31-15-5-1-10-20(35)25(43)39-21(11-2-6-16-32)26(44)41-23(14-9-19-38-30(36)37)27(45)40-22(12-3-7-17-33)28(46)42-24(29(47)48)13-4-8-18-34/h20-24H,1-19,31-35H2,(H,39,43)(H,40,45)(H,41,44)(H,42,46)(H,47,48)(H4,36,37,38)/t20-,21-,22-,23-,24-/m0/s1. The Morgan fingerprint density at radius 1 is 0.500 bits per heavy atom. The van der Waals surface area contributed by atoms with Crippen LogP contribution in [0.5, 0.6) is 0 Å². The number of carboxylic acids is 1. The summed E-state index contributed by atoms with van der Waals surface area (Å²) in [5, 5.41) is 20.3. The molecule has 5 atom stereocenters. The highest BCUT2D eigenvalue weighted by Crippen LogP contribution is 2.09. The quantitative estimate of drug-likeness (QED) is 0.0211. The van der Waals surface area contributed by atoms with Crippen molar-refractivity contribution in [1.29, 1.82) is 0 Å². The first-order valence-electron chi connectivity index (χ1n) is 17.0. The number of rotatable bonds is 29. The van der Waals surface area contributed by atoms with Crippen LogP contribution in [-0.2, 0) is 24.0 Å². The highest BCUT2D eigenvalue weighted by atomic mass is 16.4. The van der Waals surface area contributed by atoms with E-state index in [0.717, 1.165) is 0 Å². The second-order valence-corrected chi connectivity index (χ2v) is 11.8. The van der Waals surface area contributed by atoms with Crippen molar-refractivity contribution < 1.29 is 29.1 Å². The fraction of sp³-hybridized carbons (Fsp3) is 0.800. The van der Waals surface area contributed by atoms with Gasteiger partial charge in [0.1, 0.15) is 24.2 Å². The summed E-state index contributed by atoms with van der Waals surface area (Å²) < 4.78 is 0. The van der Waals surface area contributed by atoms with Gasteiger partial charge in [-0.1, -0.05) is 6.42 Å². The highest BCUT2D eigenvalue weighted by Gasteiger charge is 2.31. The second kappa shape index (κ2) is 27.4. The summed E-state index contributed by atoms with van der Waals surface area (Å²) in [6.45, 7) is 1.76. The van der Waals surface area contributed by atoms with Crippen molar-refractivity contribution in [3.8, 4) is 0 Å². The molecule has 0 aromatic carbocycles. The average molecular weight is 687 g/mol. The van der Waals surface area contributed by atoms with Crippen molar-refractivity contribution in [2.24, 2.45) is 45.1 Å². The van der Waals surface area contributed by atoms with Gasteiger partial charge in [0.05, 0.1) is 6.04 Å². The average Bonchev–Trinajstić information content (AvgIpc) is 3.04. The third-order valence-corrected chi connectivity index (χ3v) is 7.61. The van der Waals surface area contributed by atoms with Crippen LogP contribution in [0.3, 0.4) is 0 Å². The number of hydrogen-bond acceptors (Lipinski definition) is 11. The largest absolute Gasteiger partial charge is 0.480 e. The number of carboxylic acid groups (broad SMARTS) is 1.